The van der Waals surface area contributed by atoms with Crippen LogP contribution in [-0.2, 0) is 6.42 Å². The molecule has 0 spiro atoms. The second-order valence-electron chi connectivity index (χ2n) is 6.37. The van der Waals surface area contributed by atoms with Crippen molar-refractivity contribution in [1.82, 2.24) is 10.3 Å². The average molecular weight is 383 g/mol. The largest absolute Gasteiger partial charge is 0.347 e. The summed E-state index contributed by atoms with van der Waals surface area (Å²) in [6.07, 6.45) is 0.641. The van der Waals surface area contributed by atoms with Gasteiger partial charge in [-0.25, -0.2) is 4.98 Å². The monoisotopic (exact) mass is 382 g/mol. The Morgan fingerprint density at radius 1 is 1.20 bits per heavy atom. The van der Waals surface area contributed by atoms with Gasteiger partial charge < -0.3 is 16.4 Å². The first-order valence-corrected chi connectivity index (χ1v) is 8.55. The molecule has 0 aliphatic carbocycles. The van der Waals surface area contributed by atoms with Gasteiger partial charge in [-0.2, -0.15) is 0 Å². The molecule has 0 aliphatic rings. The zero-order valence-electron chi connectivity index (χ0n) is 14.5. The molecule has 2 aromatic rings. The fourth-order valence-electron chi connectivity index (χ4n) is 2.04. The molecule has 2 amide bonds. The van der Waals surface area contributed by atoms with Crippen molar-refractivity contribution >= 4 is 41.2 Å². The van der Waals surface area contributed by atoms with E-state index in [2.05, 4.69) is 15.6 Å². The molecule has 0 unspecified atom stereocenters. The highest BCUT2D eigenvalue weighted by atomic mass is 35.5. The lowest BCUT2D eigenvalue weighted by atomic mass is 10.1. The van der Waals surface area contributed by atoms with E-state index >= 15 is 0 Å². The standard InChI is InChI=1S/C17H22N4O2S.ClH/c1-17(2,3)21-15(22)11-6-4-5-7-12(11)20-16(23)13-10-24-14(19-13)8-9-18;/h4-7,10H,8-9,18H2,1-3H3,(H,20,23)(H,21,22);1H. The van der Waals surface area contributed by atoms with Crippen LogP contribution in [0.3, 0.4) is 0 Å². The van der Waals surface area contributed by atoms with Gasteiger partial charge >= 0.3 is 0 Å². The molecule has 25 heavy (non-hydrogen) atoms. The number of thiazole rings is 1. The first kappa shape index (κ1) is 21.1. The third kappa shape index (κ3) is 6.12. The number of carbonyl (C=O) groups excluding carboxylic acids is 2. The van der Waals surface area contributed by atoms with Gasteiger partial charge in [-0.3, -0.25) is 9.59 Å². The van der Waals surface area contributed by atoms with Crippen LogP contribution in [0.2, 0.25) is 0 Å². The Hall–Kier alpha value is -1.96. The number of hydrogen-bond donors (Lipinski definition) is 3. The number of nitrogens with two attached hydrogens (primary N) is 1. The molecule has 0 aliphatic heterocycles. The van der Waals surface area contributed by atoms with Crippen molar-refractivity contribution in [2.75, 3.05) is 11.9 Å². The lowest BCUT2D eigenvalue weighted by Gasteiger charge is -2.21. The fraction of sp³-hybridized carbons (Fsp3) is 0.353. The minimum Gasteiger partial charge on any atom is -0.347 e. The Labute approximate surface area is 157 Å². The number of nitrogens with zero attached hydrogens (tertiary/aromatic N) is 1. The van der Waals surface area contributed by atoms with Crippen LogP contribution >= 0.6 is 23.7 Å². The summed E-state index contributed by atoms with van der Waals surface area (Å²) in [5.74, 6) is -0.578. The lowest BCUT2D eigenvalue weighted by Crippen LogP contribution is -2.40. The maximum absolute atomic E-state index is 12.4. The first-order chi connectivity index (χ1) is 11.3. The quantitative estimate of drug-likeness (QED) is 0.740. The normalized spacial score (nSPS) is 10.7. The van der Waals surface area contributed by atoms with Crippen molar-refractivity contribution in [3.63, 3.8) is 0 Å². The van der Waals surface area contributed by atoms with Crippen LogP contribution in [0.25, 0.3) is 0 Å². The fourth-order valence-corrected chi connectivity index (χ4v) is 2.83. The number of carbonyl (C=O) groups is 2. The summed E-state index contributed by atoms with van der Waals surface area (Å²) < 4.78 is 0. The van der Waals surface area contributed by atoms with Gasteiger partial charge in [0.1, 0.15) is 5.69 Å². The van der Waals surface area contributed by atoms with E-state index in [4.69, 9.17) is 5.73 Å². The smallest absolute Gasteiger partial charge is 0.275 e. The zero-order valence-corrected chi connectivity index (χ0v) is 16.1. The summed E-state index contributed by atoms with van der Waals surface area (Å²) >= 11 is 1.40. The first-order valence-electron chi connectivity index (χ1n) is 7.67. The molecule has 2 rings (SSSR count). The van der Waals surface area contributed by atoms with E-state index in [0.717, 1.165) is 5.01 Å². The van der Waals surface area contributed by atoms with E-state index in [0.29, 0.717) is 29.9 Å². The molecule has 1 aromatic carbocycles. The third-order valence-electron chi connectivity index (χ3n) is 3.05. The molecule has 0 fully saturated rings. The van der Waals surface area contributed by atoms with Crippen LogP contribution in [0.1, 0.15) is 46.6 Å². The number of rotatable bonds is 5. The maximum atomic E-state index is 12.4. The average Bonchev–Trinajstić information content (AvgIpc) is 2.95. The highest BCUT2D eigenvalue weighted by Gasteiger charge is 2.19. The Kier molecular flexibility index (Phi) is 7.54. The summed E-state index contributed by atoms with van der Waals surface area (Å²) in [5, 5.41) is 8.17. The number of anilines is 1. The van der Waals surface area contributed by atoms with Gasteiger partial charge in [0, 0.05) is 17.3 Å². The molecule has 136 valence electrons. The van der Waals surface area contributed by atoms with Gasteiger partial charge in [-0.05, 0) is 39.4 Å². The number of benzene rings is 1. The zero-order chi connectivity index (χ0) is 17.7. The van der Waals surface area contributed by atoms with Crippen LogP contribution < -0.4 is 16.4 Å². The van der Waals surface area contributed by atoms with E-state index in [1.54, 1.807) is 29.6 Å². The second-order valence-corrected chi connectivity index (χ2v) is 7.31. The number of amides is 2. The van der Waals surface area contributed by atoms with Crippen molar-refractivity contribution in [3.05, 3.63) is 45.9 Å². The van der Waals surface area contributed by atoms with Crippen LogP contribution in [0.4, 0.5) is 5.69 Å². The van der Waals surface area contributed by atoms with E-state index < -0.39 is 0 Å². The highest BCUT2D eigenvalue weighted by molar-refractivity contribution is 7.09. The molecule has 0 atom stereocenters. The molecule has 4 N–H and O–H groups in total. The Balaban J connectivity index is 0.00000312. The van der Waals surface area contributed by atoms with E-state index in [1.807, 2.05) is 20.8 Å². The summed E-state index contributed by atoms with van der Waals surface area (Å²) in [7, 11) is 0. The van der Waals surface area contributed by atoms with Gasteiger partial charge in [0.15, 0.2) is 0 Å². The summed E-state index contributed by atoms with van der Waals surface area (Å²) in [5.41, 5.74) is 6.33. The highest BCUT2D eigenvalue weighted by Crippen LogP contribution is 2.18. The van der Waals surface area contributed by atoms with E-state index in [9.17, 15) is 9.59 Å². The molecule has 1 heterocycles. The van der Waals surface area contributed by atoms with Crippen molar-refractivity contribution in [2.45, 2.75) is 32.7 Å². The van der Waals surface area contributed by atoms with Crippen molar-refractivity contribution in [3.8, 4) is 0 Å². The van der Waals surface area contributed by atoms with Crippen LogP contribution in [0.15, 0.2) is 29.6 Å². The lowest BCUT2D eigenvalue weighted by molar-refractivity contribution is 0.0920. The van der Waals surface area contributed by atoms with Gasteiger partial charge in [0.2, 0.25) is 0 Å². The number of aromatic nitrogens is 1. The molecule has 0 bridgehead atoms. The SMILES string of the molecule is CC(C)(C)NC(=O)c1ccccc1NC(=O)c1csc(CCN)n1.Cl. The molecule has 0 radical (unpaired) electrons. The predicted molar refractivity (Wildman–Crippen MR) is 104 cm³/mol. The topological polar surface area (TPSA) is 97.1 Å². The van der Waals surface area contributed by atoms with Crippen molar-refractivity contribution in [1.29, 1.82) is 0 Å². The molecular weight excluding hydrogens is 360 g/mol. The predicted octanol–water partition coefficient (Wildman–Crippen LogP) is 2.85. The number of para-hydroxylation sites is 1. The second kappa shape index (κ2) is 8.94. The van der Waals surface area contributed by atoms with Gasteiger partial charge in [0.25, 0.3) is 11.8 Å². The van der Waals surface area contributed by atoms with Crippen molar-refractivity contribution in [2.24, 2.45) is 5.73 Å². The van der Waals surface area contributed by atoms with Gasteiger partial charge in [-0.1, -0.05) is 12.1 Å². The van der Waals surface area contributed by atoms with Crippen molar-refractivity contribution < 1.29 is 9.59 Å². The van der Waals surface area contributed by atoms with Gasteiger partial charge in [-0.15, -0.1) is 23.7 Å². The number of halogens is 1. The molecule has 0 saturated carbocycles. The summed E-state index contributed by atoms with van der Waals surface area (Å²) in [4.78, 5) is 29.0. The molecular formula is C17H23ClN4O2S. The van der Waals surface area contributed by atoms with Crippen LogP contribution in [0, 0.1) is 0 Å². The molecule has 8 heteroatoms. The van der Waals surface area contributed by atoms with Gasteiger partial charge in [0.05, 0.1) is 16.3 Å². The maximum Gasteiger partial charge on any atom is 0.275 e. The molecule has 6 nitrogen and oxygen atoms in total. The molecule has 1 aromatic heterocycles. The van der Waals surface area contributed by atoms with E-state index in [1.165, 1.54) is 11.3 Å². The Bertz CT molecular complexity index is 740. The Morgan fingerprint density at radius 2 is 1.88 bits per heavy atom. The minimum absolute atomic E-state index is 0. The number of nitrogens with one attached hydrogen (secondary N) is 2. The third-order valence-corrected chi connectivity index (χ3v) is 3.96. The Morgan fingerprint density at radius 3 is 2.52 bits per heavy atom. The molecule has 0 saturated heterocycles. The van der Waals surface area contributed by atoms with E-state index in [-0.39, 0.29) is 29.8 Å². The minimum atomic E-state index is -0.361. The summed E-state index contributed by atoms with van der Waals surface area (Å²) in [6.45, 7) is 6.20. The van der Waals surface area contributed by atoms with Crippen LogP contribution in [0.5, 0.6) is 0 Å². The number of hydrogen-bond acceptors (Lipinski definition) is 5. The summed E-state index contributed by atoms with van der Waals surface area (Å²) in [6, 6.07) is 6.90. The van der Waals surface area contributed by atoms with Crippen LogP contribution in [-0.4, -0.2) is 28.9 Å².